The average molecular weight is 390 g/mol. The monoisotopic (exact) mass is 389 g/mol. The fourth-order valence-electron chi connectivity index (χ4n) is 5.05. The molecule has 0 aliphatic heterocycles. The normalized spacial score (nSPS) is 12.0. The van der Waals surface area contributed by atoms with E-state index in [4.69, 9.17) is 5.10 Å². The highest BCUT2D eigenvalue weighted by atomic mass is 15.4. The van der Waals surface area contributed by atoms with Gasteiger partial charge in [0.25, 0.3) is 0 Å². The Morgan fingerprint density at radius 1 is 0.586 bits per heavy atom. The highest BCUT2D eigenvalue weighted by Crippen LogP contribution is 2.42. The number of rotatable bonds is 1. The van der Waals surface area contributed by atoms with Gasteiger partial charge in [-0.25, -0.2) is 9.13 Å². The van der Waals surface area contributed by atoms with E-state index in [0.29, 0.717) is 0 Å². The second-order valence-electron chi connectivity index (χ2n) is 8.81. The molecule has 0 radical (unpaired) electrons. The first-order valence-electron chi connectivity index (χ1n) is 10.4. The molecule has 2 aromatic carbocycles. The molecule has 0 amide bonds. The van der Waals surface area contributed by atoms with Gasteiger partial charge in [-0.1, -0.05) is 0 Å². The largest absolute Gasteiger partial charge is 0.356 e. The summed E-state index contributed by atoms with van der Waals surface area (Å²) in [6.45, 7) is 20.2. The van der Waals surface area contributed by atoms with E-state index in [1.54, 1.807) is 0 Å². The van der Waals surface area contributed by atoms with Crippen molar-refractivity contribution in [2.45, 2.75) is 62.3 Å². The number of nitrogens with zero attached hydrogens (tertiary/aromatic N) is 4. The predicted octanol–water partition coefficient (Wildman–Crippen LogP) is 5.12. The Hall–Kier alpha value is -2.62. The molecule has 0 atom stereocenters. The molecule has 4 nitrogen and oxygen atoms in total. The van der Waals surface area contributed by atoms with Gasteiger partial charge in [-0.05, 0) is 105 Å². The van der Waals surface area contributed by atoms with Crippen LogP contribution in [-0.4, -0.2) is 14.3 Å². The fourth-order valence-corrected chi connectivity index (χ4v) is 5.05. The molecule has 0 unspecified atom stereocenters. The lowest BCUT2D eigenvalue weighted by Gasteiger charge is -2.12. The summed E-state index contributed by atoms with van der Waals surface area (Å²) < 4.78 is 6.68. The minimum absolute atomic E-state index is 1.01. The Morgan fingerprint density at radius 2 is 0.966 bits per heavy atom. The molecular weight excluding hydrogens is 356 g/mol. The van der Waals surface area contributed by atoms with Gasteiger partial charge in [0.1, 0.15) is 11.0 Å². The van der Waals surface area contributed by atoms with Gasteiger partial charge in [0.05, 0.1) is 14.1 Å². The molecule has 29 heavy (non-hydrogen) atoms. The van der Waals surface area contributed by atoms with E-state index in [9.17, 15) is 0 Å². The van der Waals surface area contributed by atoms with Crippen molar-refractivity contribution in [3.63, 3.8) is 0 Å². The summed E-state index contributed by atoms with van der Waals surface area (Å²) in [7, 11) is 4.16. The standard InChI is InChI=1S/C25H33N4/c1-12-14(3)18(7)23-21(16(12)5)22-17(6)13(2)15(4)19(8)24(22)29(23)25-27(10)20(9)26-28(25)11/h1-11H3/q+1. The van der Waals surface area contributed by atoms with Gasteiger partial charge in [0.2, 0.25) is 5.82 Å². The van der Waals surface area contributed by atoms with E-state index >= 15 is 0 Å². The first-order valence-corrected chi connectivity index (χ1v) is 10.4. The van der Waals surface area contributed by atoms with E-state index < -0.39 is 0 Å². The van der Waals surface area contributed by atoms with Crippen molar-refractivity contribution in [1.29, 1.82) is 0 Å². The molecule has 4 rings (SSSR count). The van der Waals surface area contributed by atoms with Gasteiger partial charge in [-0.2, -0.15) is 0 Å². The van der Waals surface area contributed by atoms with Crippen LogP contribution in [0.1, 0.15) is 50.3 Å². The third-order valence-electron chi connectivity index (χ3n) is 7.58. The fraction of sp³-hybridized carbons (Fsp3) is 0.440. The van der Waals surface area contributed by atoms with Crippen molar-refractivity contribution in [2.75, 3.05) is 0 Å². The Balaban J connectivity index is 2.48. The highest BCUT2D eigenvalue weighted by molar-refractivity contribution is 6.15. The van der Waals surface area contributed by atoms with Gasteiger partial charge in [-0.15, -0.1) is 4.68 Å². The maximum atomic E-state index is 4.72. The second-order valence-corrected chi connectivity index (χ2v) is 8.81. The van der Waals surface area contributed by atoms with Crippen molar-refractivity contribution >= 4 is 21.8 Å². The number of benzene rings is 2. The van der Waals surface area contributed by atoms with Crippen LogP contribution in [0.3, 0.4) is 0 Å². The molecular formula is C25H33N4+. The van der Waals surface area contributed by atoms with Crippen LogP contribution in [0.4, 0.5) is 0 Å². The number of aromatic nitrogens is 4. The predicted molar refractivity (Wildman–Crippen MR) is 121 cm³/mol. The molecule has 4 heteroatoms. The van der Waals surface area contributed by atoms with Crippen LogP contribution < -0.4 is 4.57 Å². The zero-order chi connectivity index (χ0) is 21.5. The van der Waals surface area contributed by atoms with Crippen molar-refractivity contribution in [1.82, 2.24) is 14.3 Å². The van der Waals surface area contributed by atoms with Gasteiger partial charge in [0, 0.05) is 17.7 Å². The van der Waals surface area contributed by atoms with Crippen LogP contribution in [0.25, 0.3) is 27.8 Å². The molecule has 0 aliphatic rings. The Kier molecular flexibility index (Phi) is 4.20. The molecule has 0 aliphatic carbocycles. The maximum Gasteiger partial charge on any atom is 0.356 e. The number of hydrogen-bond acceptors (Lipinski definition) is 1. The summed E-state index contributed by atoms with van der Waals surface area (Å²) in [5.41, 5.74) is 13.7. The van der Waals surface area contributed by atoms with Crippen LogP contribution in [0.2, 0.25) is 0 Å². The summed E-state index contributed by atoms with van der Waals surface area (Å²) in [6, 6.07) is 0. The summed E-state index contributed by atoms with van der Waals surface area (Å²) in [5, 5.41) is 7.51. The maximum absolute atomic E-state index is 4.72. The number of fused-ring (bicyclic) bond motifs is 3. The third-order valence-corrected chi connectivity index (χ3v) is 7.58. The number of hydrogen-bond donors (Lipinski definition) is 0. The van der Waals surface area contributed by atoms with E-state index in [1.807, 2.05) is 11.7 Å². The summed E-state index contributed by atoms with van der Waals surface area (Å²) in [6.07, 6.45) is 0. The minimum atomic E-state index is 1.01. The van der Waals surface area contributed by atoms with E-state index in [2.05, 4.69) is 78.5 Å². The zero-order valence-electron chi connectivity index (χ0n) is 19.8. The van der Waals surface area contributed by atoms with Gasteiger partial charge in [-0.3, -0.25) is 0 Å². The van der Waals surface area contributed by atoms with Crippen LogP contribution in [-0.2, 0) is 14.1 Å². The van der Waals surface area contributed by atoms with Gasteiger partial charge < -0.3 is 0 Å². The summed E-state index contributed by atoms with van der Waals surface area (Å²) in [5.74, 6) is 2.10. The summed E-state index contributed by atoms with van der Waals surface area (Å²) in [4.78, 5) is 0. The van der Waals surface area contributed by atoms with Crippen molar-refractivity contribution < 1.29 is 4.57 Å². The molecule has 2 heterocycles. The quantitative estimate of drug-likeness (QED) is 0.415. The smallest absolute Gasteiger partial charge is 0.227 e. The van der Waals surface area contributed by atoms with Crippen LogP contribution >= 0.6 is 0 Å². The molecule has 0 saturated heterocycles. The van der Waals surface area contributed by atoms with E-state index in [1.165, 1.54) is 66.3 Å². The molecule has 4 aromatic rings. The van der Waals surface area contributed by atoms with E-state index in [0.717, 1.165) is 11.8 Å². The molecule has 0 fully saturated rings. The average Bonchev–Trinajstić information content (AvgIpc) is 3.15. The third kappa shape index (κ3) is 2.32. The zero-order valence-corrected chi connectivity index (χ0v) is 19.8. The first-order chi connectivity index (χ1) is 13.5. The van der Waals surface area contributed by atoms with Crippen LogP contribution in [0, 0.1) is 62.3 Å². The van der Waals surface area contributed by atoms with Crippen molar-refractivity contribution in [3.05, 3.63) is 50.3 Å². The summed E-state index contributed by atoms with van der Waals surface area (Å²) >= 11 is 0. The Morgan fingerprint density at radius 3 is 1.31 bits per heavy atom. The highest BCUT2D eigenvalue weighted by Gasteiger charge is 2.30. The molecule has 2 aromatic heterocycles. The van der Waals surface area contributed by atoms with Gasteiger partial charge in [0.15, 0.2) is 0 Å². The van der Waals surface area contributed by atoms with Crippen molar-refractivity contribution in [3.8, 4) is 5.95 Å². The second kappa shape index (κ2) is 6.19. The topological polar surface area (TPSA) is 26.6 Å². The Bertz CT molecular complexity index is 1270. The molecule has 0 spiro atoms. The molecule has 152 valence electrons. The first kappa shape index (κ1) is 19.7. The van der Waals surface area contributed by atoms with Crippen molar-refractivity contribution in [2.24, 2.45) is 14.1 Å². The molecule has 0 bridgehead atoms. The van der Waals surface area contributed by atoms with Crippen LogP contribution in [0.15, 0.2) is 0 Å². The Labute approximate surface area is 173 Å². The minimum Gasteiger partial charge on any atom is -0.227 e. The molecule has 0 saturated carbocycles. The lowest BCUT2D eigenvalue weighted by molar-refractivity contribution is -0.672. The SMILES string of the molecule is Cc1c(C)c(C)c2c(c1C)c1c(C)c(C)c(C)c(C)c1n2-c1n(C)nc(C)[n+]1C. The number of aryl methyl sites for hydroxylation is 6. The lowest BCUT2D eigenvalue weighted by atomic mass is 9.90. The van der Waals surface area contributed by atoms with Gasteiger partial charge >= 0.3 is 5.95 Å². The lowest BCUT2D eigenvalue weighted by Crippen LogP contribution is -2.35. The van der Waals surface area contributed by atoms with E-state index in [-0.39, 0.29) is 0 Å². The van der Waals surface area contributed by atoms with Crippen LogP contribution in [0.5, 0.6) is 0 Å². The molecule has 0 N–H and O–H groups in total.